The molecule has 1 aromatic heterocycles. The van der Waals surface area contributed by atoms with E-state index in [-0.39, 0.29) is 11.8 Å². The Morgan fingerprint density at radius 2 is 2.06 bits per heavy atom. The molecule has 1 aromatic carbocycles. The third kappa shape index (κ3) is 2.11. The van der Waals surface area contributed by atoms with Crippen molar-refractivity contribution in [1.82, 2.24) is 15.1 Å². The zero-order chi connectivity index (χ0) is 13.1. The molecule has 0 aliphatic carbocycles. The lowest BCUT2D eigenvalue weighted by Gasteiger charge is -1.99. The number of nitrogens with zero attached hydrogens (tertiary/aromatic N) is 2. The molecule has 5 heteroatoms. The summed E-state index contributed by atoms with van der Waals surface area (Å²) in [6.07, 6.45) is 0.858. The number of hydrogen-bond acceptors (Lipinski definition) is 3. The first-order valence-electron chi connectivity index (χ1n) is 5.92. The molecule has 0 atom stereocenters. The van der Waals surface area contributed by atoms with Crippen LogP contribution in [-0.2, 0) is 0 Å². The number of carbonyl (C=O) groups is 2. The van der Waals surface area contributed by atoms with Gasteiger partial charge in [-0.1, -0.05) is 25.1 Å². The van der Waals surface area contributed by atoms with Gasteiger partial charge in [0.1, 0.15) is 0 Å². The standard InChI is InChI=1S/C13H15N3O2/c1-3-8-14-13(18)12-10-6-4-5-7-11(10)16(15-12)9(2)17/h4-7H,3,8H2,1-2H3,(H,14,18). The molecule has 0 radical (unpaired) electrons. The van der Waals surface area contributed by atoms with Crippen LogP contribution in [0, 0.1) is 0 Å². The van der Waals surface area contributed by atoms with Gasteiger partial charge in [0, 0.05) is 18.9 Å². The van der Waals surface area contributed by atoms with Crippen LogP contribution in [-0.4, -0.2) is 28.1 Å². The molecule has 0 saturated heterocycles. The molecule has 1 N–H and O–H groups in total. The van der Waals surface area contributed by atoms with Gasteiger partial charge in [-0.2, -0.15) is 9.78 Å². The van der Waals surface area contributed by atoms with Crippen LogP contribution in [0.2, 0.25) is 0 Å². The van der Waals surface area contributed by atoms with E-state index in [2.05, 4.69) is 10.4 Å². The van der Waals surface area contributed by atoms with Crippen molar-refractivity contribution in [2.45, 2.75) is 20.3 Å². The highest BCUT2D eigenvalue weighted by Crippen LogP contribution is 2.18. The quantitative estimate of drug-likeness (QED) is 0.897. The molecule has 1 amide bonds. The van der Waals surface area contributed by atoms with E-state index in [0.29, 0.717) is 23.1 Å². The molecule has 0 aliphatic heterocycles. The summed E-state index contributed by atoms with van der Waals surface area (Å²) in [5.41, 5.74) is 0.959. The van der Waals surface area contributed by atoms with Crippen molar-refractivity contribution in [2.24, 2.45) is 0 Å². The maximum Gasteiger partial charge on any atom is 0.272 e. The predicted octanol–water partition coefficient (Wildman–Crippen LogP) is 1.84. The van der Waals surface area contributed by atoms with Gasteiger partial charge in [-0.3, -0.25) is 9.59 Å². The van der Waals surface area contributed by atoms with Gasteiger partial charge < -0.3 is 5.32 Å². The number of para-hydroxylation sites is 1. The third-order valence-electron chi connectivity index (χ3n) is 2.64. The summed E-state index contributed by atoms with van der Waals surface area (Å²) in [5.74, 6) is -0.450. The summed E-state index contributed by atoms with van der Waals surface area (Å²) in [4.78, 5) is 23.4. The molecule has 1 heterocycles. The number of amides is 1. The van der Waals surface area contributed by atoms with Gasteiger partial charge in [0.05, 0.1) is 5.52 Å². The zero-order valence-corrected chi connectivity index (χ0v) is 10.4. The van der Waals surface area contributed by atoms with Gasteiger partial charge in [-0.15, -0.1) is 0 Å². The average Bonchev–Trinajstić information content (AvgIpc) is 2.75. The highest BCUT2D eigenvalue weighted by Gasteiger charge is 2.17. The van der Waals surface area contributed by atoms with E-state index in [4.69, 9.17) is 0 Å². The second-order valence-corrected chi connectivity index (χ2v) is 4.05. The Bertz CT molecular complexity index is 601. The molecule has 0 saturated carbocycles. The minimum Gasteiger partial charge on any atom is -0.351 e. The summed E-state index contributed by atoms with van der Waals surface area (Å²) in [5, 5.41) is 7.56. The molecule has 94 valence electrons. The number of fused-ring (bicyclic) bond motifs is 1. The van der Waals surface area contributed by atoms with Crippen molar-refractivity contribution in [3.63, 3.8) is 0 Å². The summed E-state index contributed by atoms with van der Waals surface area (Å²) in [6, 6.07) is 7.21. The molecular formula is C13H15N3O2. The molecule has 0 unspecified atom stereocenters. The van der Waals surface area contributed by atoms with Gasteiger partial charge in [-0.05, 0) is 12.5 Å². The van der Waals surface area contributed by atoms with E-state index in [1.807, 2.05) is 19.1 Å². The molecule has 18 heavy (non-hydrogen) atoms. The van der Waals surface area contributed by atoms with Crippen molar-refractivity contribution < 1.29 is 9.59 Å². The van der Waals surface area contributed by atoms with Crippen LogP contribution in [0.1, 0.15) is 35.6 Å². The van der Waals surface area contributed by atoms with Crippen molar-refractivity contribution in [3.05, 3.63) is 30.0 Å². The SMILES string of the molecule is CCCNC(=O)c1nn(C(C)=O)c2ccccc12. The van der Waals surface area contributed by atoms with Gasteiger partial charge in [-0.25, -0.2) is 0 Å². The molecule has 0 spiro atoms. The fraction of sp³-hybridized carbons (Fsp3) is 0.308. The summed E-state index contributed by atoms with van der Waals surface area (Å²) in [6.45, 7) is 4.00. The van der Waals surface area contributed by atoms with E-state index in [0.717, 1.165) is 6.42 Å². The van der Waals surface area contributed by atoms with E-state index in [1.165, 1.54) is 11.6 Å². The Hall–Kier alpha value is -2.17. The summed E-state index contributed by atoms with van der Waals surface area (Å²) < 4.78 is 1.26. The van der Waals surface area contributed by atoms with Gasteiger partial charge in [0.15, 0.2) is 5.69 Å². The predicted molar refractivity (Wildman–Crippen MR) is 68.7 cm³/mol. The normalized spacial score (nSPS) is 10.6. The molecular weight excluding hydrogens is 230 g/mol. The fourth-order valence-corrected chi connectivity index (χ4v) is 1.80. The smallest absolute Gasteiger partial charge is 0.272 e. The number of rotatable bonds is 3. The van der Waals surface area contributed by atoms with Crippen molar-refractivity contribution in [2.75, 3.05) is 6.54 Å². The molecule has 0 fully saturated rings. The molecule has 0 bridgehead atoms. The number of nitrogens with one attached hydrogen (secondary N) is 1. The van der Waals surface area contributed by atoms with Crippen molar-refractivity contribution in [3.8, 4) is 0 Å². The topological polar surface area (TPSA) is 64.0 Å². The van der Waals surface area contributed by atoms with Crippen LogP contribution < -0.4 is 5.32 Å². The molecule has 0 aliphatic rings. The zero-order valence-electron chi connectivity index (χ0n) is 10.4. The summed E-state index contributed by atoms with van der Waals surface area (Å²) >= 11 is 0. The second-order valence-electron chi connectivity index (χ2n) is 4.05. The Labute approximate surface area is 105 Å². The van der Waals surface area contributed by atoms with Crippen LogP contribution in [0.3, 0.4) is 0 Å². The molecule has 5 nitrogen and oxygen atoms in total. The number of hydrogen-bond donors (Lipinski definition) is 1. The van der Waals surface area contributed by atoms with Gasteiger partial charge in [0.25, 0.3) is 5.91 Å². The highest BCUT2D eigenvalue weighted by molar-refractivity contribution is 6.06. The minimum absolute atomic E-state index is 0.208. The number of benzene rings is 1. The Morgan fingerprint density at radius 1 is 1.33 bits per heavy atom. The number of aromatic nitrogens is 2. The summed E-state index contributed by atoms with van der Waals surface area (Å²) in [7, 11) is 0. The van der Waals surface area contributed by atoms with Crippen LogP contribution in [0.15, 0.2) is 24.3 Å². The van der Waals surface area contributed by atoms with Crippen molar-refractivity contribution in [1.29, 1.82) is 0 Å². The van der Waals surface area contributed by atoms with Crippen LogP contribution in [0.4, 0.5) is 0 Å². The first kappa shape index (κ1) is 12.3. The second kappa shape index (κ2) is 5.00. The first-order chi connectivity index (χ1) is 8.65. The fourth-order valence-electron chi connectivity index (χ4n) is 1.80. The first-order valence-corrected chi connectivity index (χ1v) is 5.92. The maximum absolute atomic E-state index is 12.0. The molecule has 2 aromatic rings. The lowest BCUT2D eigenvalue weighted by Crippen LogP contribution is -2.25. The van der Waals surface area contributed by atoms with E-state index < -0.39 is 0 Å². The lowest BCUT2D eigenvalue weighted by molar-refractivity contribution is 0.0923. The monoisotopic (exact) mass is 245 g/mol. The Balaban J connectivity index is 2.51. The third-order valence-corrected chi connectivity index (χ3v) is 2.64. The lowest BCUT2D eigenvalue weighted by atomic mass is 10.2. The van der Waals surface area contributed by atoms with E-state index >= 15 is 0 Å². The molecule has 2 rings (SSSR count). The van der Waals surface area contributed by atoms with Crippen LogP contribution in [0.25, 0.3) is 10.9 Å². The Morgan fingerprint density at radius 3 is 2.72 bits per heavy atom. The van der Waals surface area contributed by atoms with Gasteiger partial charge in [0.2, 0.25) is 5.91 Å². The largest absolute Gasteiger partial charge is 0.351 e. The van der Waals surface area contributed by atoms with E-state index in [9.17, 15) is 9.59 Å². The maximum atomic E-state index is 12.0. The van der Waals surface area contributed by atoms with Crippen LogP contribution in [0.5, 0.6) is 0 Å². The van der Waals surface area contributed by atoms with Crippen molar-refractivity contribution >= 4 is 22.7 Å². The Kier molecular flexibility index (Phi) is 3.41. The minimum atomic E-state index is -0.243. The average molecular weight is 245 g/mol. The van der Waals surface area contributed by atoms with E-state index in [1.54, 1.807) is 12.1 Å². The van der Waals surface area contributed by atoms with Gasteiger partial charge >= 0.3 is 0 Å². The van der Waals surface area contributed by atoms with Crippen LogP contribution >= 0.6 is 0 Å². The highest BCUT2D eigenvalue weighted by atomic mass is 16.2. The number of carbonyl (C=O) groups excluding carboxylic acids is 2.